The number of thiophene rings is 1. The van der Waals surface area contributed by atoms with Crippen molar-refractivity contribution >= 4 is 55.9 Å². The molecule has 7 nitrogen and oxygen atoms in total. The Bertz CT molecular complexity index is 1190. The highest BCUT2D eigenvalue weighted by molar-refractivity contribution is 9.10. The van der Waals surface area contributed by atoms with Crippen LogP contribution in [0.1, 0.15) is 48.0 Å². The number of carbonyl (C=O) groups is 2. The van der Waals surface area contributed by atoms with Crippen LogP contribution in [0.3, 0.4) is 0 Å². The fourth-order valence-electron chi connectivity index (χ4n) is 4.04. The van der Waals surface area contributed by atoms with E-state index in [4.69, 9.17) is 4.74 Å². The fourth-order valence-corrected chi connectivity index (χ4v) is 6.53. The van der Waals surface area contributed by atoms with Crippen LogP contribution in [-0.2, 0) is 28.9 Å². The number of hydrogen-bond acceptors (Lipinski definition) is 7. The van der Waals surface area contributed by atoms with Crippen molar-refractivity contribution in [3.63, 3.8) is 0 Å². The zero-order chi connectivity index (χ0) is 24.2. The first-order chi connectivity index (χ1) is 16.4. The van der Waals surface area contributed by atoms with Gasteiger partial charge in [0.25, 0.3) is 0 Å². The normalized spacial score (nSPS) is 15.1. The Morgan fingerprint density at radius 3 is 2.74 bits per heavy atom. The molecule has 2 heterocycles. The van der Waals surface area contributed by atoms with E-state index < -0.39 is 0 Å². The number of nitrogens with one attached hydrogen (secondary N) is 1. The molecule has 0 saturated carbocycles. The SMILES string of the molecule is CCOC(=O)c1c(NC(=O)CSc2nnc(-c3ccc(Br)cc3)n2CC)sc2c1CCC(C)C2. The number of thioether (sulfide) groups is 1. The van der Waals surface area contributed by atoms with Crippen LogP contribution in [-0.4, -0.2) is 39.0 Å². The van der Waals surface area contributed by atoms with Crippen molar-refractivity contribution in [3.8, 4) is 11.4 Å². The second kappa shape index (κ2) is 11.0. The van der Waals surface area contributed by atoms with Gasteiger partial charge in [0, 0.05) is 21.5 Å². The number of rotatable bonds is 8. The maximum Gasteiger partial charge on any atom is 0.341 e. The van der Waals surface area contributed by atoms with E-state index in [0.717, 1.165) is 40.7 Å². The average Bonchev–Trinajstić information content (AvgIpc) is 3.38. The van der Waals surface area contributed by atoms with Gasteiger partial charge in [-0.2, -0.15) is 0 Å². The largest absolute Gasteiger partial charge is 0.462 e. The molecule has 1 aromatic carbocycles. The molecule has 0 spiro atoms. The summed E-state index contributed by atoms with van der Waals surface area (Å²) >= 11 is 6.29. The average molecular weight is 564 g/mol. The van der Waals surface area contributed by atoms with Gasteiger partial charge in [-0.15, -0.1) is 21.5 Å². The second-order valence-corrected chi connectivity index (χ2v) is 11.1. The first-order valence-corrected chi connectivity index (χ1v) is 13.9. The number of nitrogens with zero attached hydrogens (tertiary/aromatic N) is 3. The molecule has 1 amide bonds. The number of ether oxygens (including phenoxy) is 1. The molecule has 1 unspecified atom stereocenters. The highest BCUT2D eigenvalue weighted by atomic mass is 79.9. The van der Waals surface area contributed by atoms with Crippen molar-refractivity contribution in [1.82, 2.24) is 14.8 Å². The van der Waals surface area contributed by atoms with Crippen LogP contribution >= 0.6 is 39.0 Å². The molecule has 3 aromatic rings. The summed E-state index contributed by atoms with van der Waals surface area (Å²) in [7, 11) is 0. The van der Waals surface area contributed by atoms with Crippen molar-refractivity contribution in [2.45, 2.75) is 51.7 Å². The van der Waals surface area contributed by atoms with Gasteiger partial charge in [-0.3, -0.25) is 4.79 Å². The number of anilines is 1. The molecule has 1 aliphatic carbocycles. The number of aromatic nitrogens is 3. The van der Waals surface area contributed by atoms with E-state index in [-0.39, 0.29) is 17.6 Å². The highest BCUT2D eigenvalue weighted by Gasteiger charge is 2.29. The summed E-state index contributed by atoms with van der Waals surface area (Å²) in [4.78, 5) is 26.7. The number of hydrogen-bond donors (Lipinski definition) is 1. The van der Waals surface area contributed by atoms with Gasteiger partial charge in [0.1, 0.15) is 5.00 Å². The summed E-state index contributed by atoms with van der Waals surface area (Å²) < 4.78 is 8.29. The molecule has 4 rings (SSSR count). The summed E-state index contributed by atoms with van der Waals surface area (Å²) in [6, 6.07) is 7.90. The molecule has 34 heavy (non-hydrogen) atoms. The third kappa shape index (κ3) is 5.39. The topological polar surface area (TPSA) is 86.1 Å². The van der Waals surface area contributed by atoms with E-state index in [2.05, 4.69) is 38.4 Å². The van der Waals surface area contributed by atoms with Crippen molar-refractivity contribution < 1.29 is 14.3 Å². The van der Waals surface area contributed by atoms with Crippen molar-refractivity contribution in [2.24, 2.45) is 5.92 Å². The molecule has 0 saturated heterocycles. The molecule has 2 aromatic heterocycles. The van der Waals surface area contributed by atoms with E-state index in [1.54, 1.807) is 6.92 Å². The minimum atomic E-state index is -0.359. The molecule has 0 radical (unpaired) electrons. The van der Waals surface area contributed by atoms with Crippen LogP contribution in [0.4, 0.5) is 5.00 Å². The predicted octanol–water partition coefficient (Wildman–Crippen LogP) is 5.82. The number of halogens is 1. The van der Waals surface area contributed by atoms with Gasteiger partial charge in [-0.25, -0.2) is 4.79 Å². The molecule has 1 atom stereocenters. The van der Waals surface area contributed by atoms with E-state index >= 15 is 0 Å². The van der Waals surface area contributed by atoms with Crippen LogP contribution < -0.4 is 5.32 Å². The van der Waals surface area contributed by atoms with Gasteiger partial charge in [-0.05, 0) is 56.7 Å². The van der Waals surface area contributed by atoms with Gasteiger partial charge in [-0.1, -0.05) is 46.7 Å². The number of fused-ring (bicyclic) bond motifs is 1. The fraction of sp³-hybridized carbons (Fsp3) is 0.417. The van der Waals surface area contributed by atoms with Gasteiger partial charge in [0.05, 0.1) is 17.9 Å². The molecular weight excluding hydrogens is 536 g/mol. The van der Waals surface area contributed by atoms with Gasteiger partial charge >= 0.3 is 5.97 Å². The highest BCUT2D eigenvalue weighted by Crippen LogP contribution is 2.40. The van der Waals surface area contributed by atoms with Gasteiger partial charge in [0.2, 0.25) is 5.91 Å². The smallest absolute Gasteiger partial charge is 0.341 e. The minimum Gasteiger partial charge on any atom is -0.462 e. The lowest BCUT2D eigenvalue weighted by atomic mass is 9.88. The van der Waals surface area contributed by atoms with Crippen LogP contribution in [0.5, 0.6) is 0 Å². The molecule has 1 aliphatic rings. The summed E-state index contributed by atoms with van der Waals surface area (Å²) in [5, 5.41) is 12.9. The zero-order valence-electron chi connectivity index (χ0n) is 19.4. The maximum atomic E-state index is 12.9. The van der Waals surface area contributed by atoms with Crippen molar-refractivity contribution in [1.29, 1.82) is 0 Å². The Morgan fingerprint density at radius 1 is 1.26 bits per heavy atom. The third-order valence-corrected chi connectivity index (χ3v) is 8.38. The quantitative estimate of drug-likeness (QED) is 0.275. The summed E-state index contributed by atoms with van der Waals surface area (Å²) in [5.74, 6) is 0.961. The van der Waals surface area contributed by atoms with E-state index in [9.17, 15) is 9.59 Å². The Hall–Kier alpha value is -2.17. The first kappa shape index (κ1) is 24.9. The molecule has 0 aliphatic heterocycles. The lowest BCUT2D eigenvalue weighted by Crippen LogP contribution is -2.18. The molecular formula is C24H27BrN4O3S2. The lowest BCUT2D eigenvalue weighted by molar-refractivity contribution is -0.113. The predicted molar refractivity (Wildman–Crippen MR) is 140 cm³/mol. The minimum absolute atomic E-state index is 0.166. The lowest BCUT2D eigenvalue weighted by Gasteiger charge is -2.18. The summed E-state index contributed by atoms with van der Waals surface area (Å²) in [6.45, 7) is 7.02. The van der Waals surface area contributed by atoms with E-state index in [1.165, 1.54) is 28.0 Å². The van der Waals surface area contributed by atoms with Gasteiger partial charge < -0.3 is 14.6 Å². The Balaban J connectivity index is 1.49. The van der Waals surface area contributed by atoms with Crippen LogP contribution in [0, 0.1) is 5.92 Å². The number of carbonyl (C=O) groups excluding carboxylic acids is 2. The molecule has 10 heteroatoms. The molecule has 0 fully saturated rings. The third-order valence-electron chi connectivity index (χ3n) is 5.71. The zero-order valence-corrected chi connectivity index (χ0v) is 22.6. The number of esters is 1. The van der Waals surface area contributed by atoms with Crippen LogP contribution in [0.2, 0.25) is 0 Å². The number of benzene rings is 1. The molecule has 180 valence electrons. The maximum absolute atomic E-state index is 12.9. The van der Waals surface area contributed by atoms with Crippen molar-refractivity contribution in [2.75, 3.05) is 17.7 Å². The molecule has 1 N–H and O–H groups in total. The van der Waals surface area contributed by atoms with E-state index in [0.29, 0.717) is 34.8 Å². The standard InChI is InChI=1S/C24H27BrN4O3S2/c1-4-29-21(15-7-9-16(25)10-8-15)27-28-24(29)33-13-19(30)26-22-20(23(31)32-5-2)17-11-6-14(3)12-18(17)34-22/h7-10,14H,4-6,11-13H2,1-3H3,(H,26,30). The number of amides is 1. The van der Waals surface area contributed by atoms with E-state index in [1.807, 2.05) is 35.8 Å². The van der Waals surface area contributed by atoms with Crippen LogP contribution in [0.15, 0.2) is 33.9 Å². The van der Waals surface area contributed by atoms with Gasteiger partial charge in [0.15, 0.2) is 11.0 Å². The van der Waals surface area contributed by atoms with Crippen molar-refractivity contribution in [3.05, 3.63) is 44.7 Å². The summed E-state index contributed by atoms with van der Waals surface area (Å²) in [6.07, 6.45) is 2.80. The monoisotopic (exact) mass is 562 g/mol. The first-order valence-electron chi connectivity index (χ1n) is 11.3. The second-order valence-electron chi connectivity index (χ2n) is 8.17. The summed E-state index contributed by atoms with van der Waals surface area (Å²) in [5.41, 5.74) is 2.53. The Labute approximate surface area is 215 Å². The Kier molecular flexibility index (Phi) is 8.10. The Morgan fingerprint density at radius 2 is 2.03 bits per heavy atom. The molecule has 0 bridgehead atoms. The van der Waals surface area contributed by atoms with Crippen LogP contribution in [0.25, 0.3) is 11.4 Å².